The lowest BCUT2D eigenvalue weighted by atomic mass is 9.79. The standard InChI is InChI=1S/C29H32BrFN2O5S/c1-14-18(11-12-19(30)25(14)32)21-15(2)22-24-17(9-8-10-20(24)31)13-33(39(7,36)37)26(22)16(3)23(21)27(28(34)35)38-29(4,5)6/h8-12,27H,13,32H2,1-7H3,(H,34,35)/t27-/m0/s1. The van der Waals surface area contributed by atoms with Crippen LogP contribution in [0.2, 0.25) is 0 Å². The van der Waals surface area contributed by atoms with E-state index in [1.54, 1.807) is 52.8 Å². The van der Waals surface area contributed by atoms with Crippen LogP contribution in [-0.2, 0) is 26.1 Å². The van der Waals surface area contributed by atoms with E-state index >= 15 is 4.39 Å². The quantitative estimate of drug-likeness (QED) is 0.310. The molecule has 0 unspecified atom stereocenters. The maximum Gasteiger partial charge on any atom is 0.337 e. The van der Waals surface area contributed by atoms with Crippen LogP contribution in [0, 0.1) is 26.6 Å². The lowest BCUT2D eigenvalue weighted by Crippen LogP contribution is -2.35. The first kappa shape index (κ1) is 29.0. The van der Waals surface area contributed by atoms with Crippen molar-refractivity contribution in [3.05, 3.63) is 68.4 Å². The minimum absolute atomic E-state index is 0.0832. The van der Waals surface area contributed by atoms with Crippen LogP contribution in [0.4, 0.5) is 15.8 Å². The van der Waals surface area contributed by atoms with Gasteiger partial charge < -0.3 is 15.6 Å². The second kappa shape index (κ2) is 9.91. The summed E-state index contributed by atoms with van der Waals surface area (Å²) in [5.74, 6) is -1.72. The summed E-state index contributed by atoms with van der Waals surface area (Å²) in [4.78, 5) is 12.8. The number of hydrogen-bond donors (Lipinski definition) is 2. The number of ether oxygens (including phenoxy) is 1. The third-order valence-corrected chi connectivity index (χ3v) is 8.82. The number of aliphatic carboxylic acids is 1. The molecule has 0 fully saturated rings. The molecule has 0 saturated carbocycles. The molecule has 0 aliphatic carbocycles. The first-order valence-corrected chi connectivity index (χ1v) is 15.0. The molecular formula is C29H32BrFN2O5S. The Morgan fingerprint density at radius 3 is 2.28 bits per heavy atom. The number of halogens is 2. The summed E-state index contributed by atoms with van der Waals surface area (Å²) >= 11 is 3.45. The summed E-state index contributed by atoms with van der Waals surface area (Å²) in [5, 5.41) is 10.4. The molecule has 0 amide bonds. The number of anilines is 2. The Balaban J connectivity index is 2.29. The number of carboxylic acid groups (broad SMARTS) is 1. The number of fused-ring (bicyclic) bond motifs is 3. The van der Waals surface area contributed by atoms with Crippen molar-refractivity contribution in [2.75, 3.05) is 16.3 Å². The van der Waals surface area contributed by atoms with Crippen LogP contribution in [0.5, 0.6) is 0 Å². The first-order valence-electron chi connectivity index (χ1n) is 12.3. The molecule has 1 atom stereocenters. The van der Waals surface area contributed by atoms with Gasteiger partial charge >= 0.3 is 5.97 Å². The molecule has 1 aliphatic heterocycles. The van der Waals surface area contributed by atoms with E-state index in [1.165, 1.54) is 10.4 Å². The maximum atomic E-state index is 15.5. The fourth-order valence-electron chi connectivity index (χ4n) is 5.35. The summed E-state index contributed by atoms with van der Waals surface area (Å²) in [7, 11) is -3.83. The number of nitrogens with two attached hydrogens (primary N) is 1. The lowest BCUT2D eigenvalue weighted by molar-refractivity contribution is -0.160. The van der Waals surface area contributed by atoms with E-state index in [1.807, 2.05) is 13.0 Å². The molecule has 1 aliphatic rings. The van der Waals surface area contributed by atoms with Gasteiger partial charge in [0.2, 0.25) is 10.0 Å². The van der Waals surface area contributed by atoms with E-state index in [0.717, 1.165) is 6.26 Å². The monoisotopic (exact) mass is 618 g/mol. The largest absolute Gasteiger partial charge is 0.479 e. The van der Waals surface area contributed by atoms with Gasteiger partial charge in [0.05, 0.1) is 24.1 Å². The number of carbonyl (C=O) groups is 1. The van der Waals surface area contributed by atoms with Crippen LogP contribution in [0.15, 0.2) is 34.8 Å². The van der Waals surface area contributed by atoms with Gasteiger partial charge in [-0.05, 0) is 103 Å². The Morgan fingerprint density at radius 2 is 1.72 bits per heavy atom. The second-order valence-electron chi connectivity index (χ2n) is 10.9. The van der Waals surface area contributed by atoms with Crippen LogP contribution in [0.3, 0.4) is 0 Å². The summed E-state index contributed by atoms with van der Waals surface area (Å²) in [5.41, 5.74) is 10.5. The van der Waals surface area contributed by atoms with Gasteiger partial charge in [-0.2, -0.15) is 0 Å². The van der Waals surface area contributed by atoms with Crippen molar-refractivity contribution in [1.82, 2.24) is 0 Å². The van der Waals surface area contributed by atoms with Gasteiger partial charge in [-0.25, -0.2) is 17.6 Å². The molecule has 0 radical (unpaired) electrons. The van der Waals surface area contributed by atoms with Gasteiger partial charge in [0.1, 0.15) is 5.82 Å². The van der Waals surface area contributed by atoms with Crippen molar-refractivity contribution in [3.63, 3.8) is 0 Å². The van der Waals surface area contributed by atoms with E-state index in [9.17, 15) is 18.3 Å². The lowest BCUT2D eigenvalue weighted by Gasteiger charge is -2.37. The Morgan fingerprint density at radius 1 is 1.08 bits per heavy atom. The fraction of sp³-hybridized carbons (Fsp3) is 0.345. The molecule has 0 saturated heterocycles. The Labute approximate surface area is 237 Å². The van der Waals surface area contributed by atoms with Gasteiger partial charge in [0, 0.05) is 26.9 Å². The van der Waals surface area contributed by atoms with Crippen LogP contribution >= 0.6 is 15.9 Å². The molecule has 10 heteroatoms. The van der Waals surface area contributed by atoms with E-state index in [0.29, 0.717) is 60.2 Å². The van der Waals surface area contributed by atoms with Crippen LogP contribution in [0.25, 0.3) is 22.3 Å². The van der Waals surface area contributed by atoms with Crippen LogP contribution in [0.1, 0.15) is 54.7 Å². The van der Waals surface area contributed by atoms with Gasteiger partial charge in [-0.15, -0.1) is 0 Å². The van der Waals surface area contributed by atoms with Gasteiger partial charge in [0.15, 0.2) is 6.10 Å². The molecule has 1 heterocycles. The summed E-state index contributed by atoms with van der Waals surface area (Å²) in [6, 6.07) is 8.19. The Kier molecular flexibility index (Phi) is 7.38. The zero-order valence-electron chi connectivity index (χ0n) is 22.9. The molecule has 3 aromatic carbocycles. The van der Waals surface area contributed by atoms with E-state index < -0.39 is 33.5 Å². The summed E-state index contributed by atoms with van der Waals surface area (Å²) < 4.78 is 49.7. The zero-order valence-corrected chi connectivity index (χ0v) is 25.3. The number of benzene rings is 3. The molecule has 0 spiro atoms. The normalized spacial score (nSPS) is 14.1. The van der Waals surface area contributed by atoms with Crippen LogP contribution in [-0.4, -0.2) is 31.4 Å². The summed E-state index contributed by atoms with van der Waals surface area (Å²) in [6.07, 6.45) is -0.361. The van der Waals surface area contributed by atoms with Gasteiger partial charge in [0.25, 0.3) is 0 Å². The highest BCUT2D eigenvalue weighted by Gasteiger charge is 2.39. The fourth-order valence-corrected chi connectivity index (χ4v) is 6.71. The molecule has 4 rings (SSSR count). The Bertz CT molecular complexity index is 1630. The number of rotatable bonds is 5. The van der Waals surface area contributed by atoms with Crippen molar-refractivity contribution in [3.8, 4) is 22.3 Å². The predicted octanol–water partition coefficient (Wildman–Crippen LogP) is 6.65. The SMILES string of the molecule is Cc1c(-c2c(C)c3c(c(C)c2[C@H](OC(C)(C)C)C(=O)O)N(S(C)(=O)=O)Cc2cccc(F)c2-3)ccc(Br)c1N. The minimum atomic E-state index is -3.83. The average Bonchev–Trinajstić information content (AvgIpc) is 2.82. The van der Waals surface area contributed by atoms with E-state index in [2.05, 4.69) is 15.9 Å². The zero-order chi connectivity index (χ0) is 29.2. The number of nitrogens with zero attached hydrogens (tertiary/aromatic N) is 1. The van der Waals surface area contributed by atoms with E-state index in [4.69, 9.17) is 10.5 Å². The molecule has 3 N–H and O–H groups in total. The highest BCUT2D eigenvalue weighted by atomic mass is 79.9. The third kappa shape index (κ3) is 5.05. The predicted molar refractivity (Wildman–Crippen MR) is 156 cm³/mol. The molecule has 208 valence electrons. The first-order chi connectivity index (χ1) is 18.0. The van der Waals surface area contributed by atoms with Crippen LogP contribution < -0.4 is 10.0 Å². The number of sulfonamides is 1. The smallest absolute Gasteiger partial charge is 0.337 e. The number of hydrogen-bond acceptors (Lipinski definition) is 5. The van der Waals surface area contributed by atoms with Crippen molar-refractivity contribution >= 4 is 43.3 Å². The molecular weight excluding hydrogens is 587 g/mol. The topological polar surface area (TPSA) is 110 Å². The molecule has 7 nitrogen and oxygen atoms in total. The minimum Gasteiger partial charge on any atom is -0.479 e. The highest BCUT2D eigenvalue weighted by Crippen LogP contribution is 2.52. The van der Waals surface area contributed by atoms with Crippen molar-refractivity contribution < 1.29 is 27.4 Å². The maximum absolute atomic E-state index is 15.5. The number of carboxylic acids is 1. The molecule has 3 aromatic rings. The van der Waals surface area contributed by atoms with Crippen molar-refractivity contribution in [1.29, 1.82) is 0 Å². The molecule has 39 heavy (non-hydrogen) atoms. The van der Waals surface area contributed by atoms with Crippen molar-refractivity contribution in [2.24, 2.45) is 0 Å². The number of nitrogen functional groups attached to an aromatic ring is 1. The van der Waals surface area contributed by atoms with Gasteiger partial charge in [-0.1, -0.05) is 18.2 Å². The second-order valence-corrected chi connectivity index (χ2v) is 13.6. The Hall–Kier alpha value is -2.95. The molecule has 0 aromatic heterocycles. The highest BCUT2D eigenvalue weighted by molar-refractivity contribution is 9.10. The summed E-state index contributed by atoms with van der Waals surface area (Å²) in [6.45, 7) is 10.4. The third-order valence-electron chi connectivity index (χ3n) is 7.02. The van der Waals surface area contributed by atoms with Gasteiger partial charge in [-0.3, -0.25) is 4.31 Å². The van der Waals surface area contributed by atoms with E-state index in [-0.39, 0.29) is 12.2 Å². The molecule has 0 bridgehead atoms. The van der Waals surface area contributed by atoms with Crippen molar-refractivity contribution in [2.45, 2.75) is 59.8 Å². The average molecular weight is 620 g/mol.